The summed E-state index contributed by atoms with van der Waals surface area (Å²) in [5, 5.41) is 0. The molecule has 1 atom stereocenters. The van der Waals surface area contributed by atoms with Crippen molar-refractivity contribution in [3.05, 3.63) is 72.9 Å². The van der Waals surface area contributed by atoms with Gasteiger partial charge < -0.3 is 14.2 Å². The van der Waals surface area contributed by atoms with Crippen molar-refractivity contribution < 1.29 is 28.6 Å². The van der Waals surface area contributed by atoms with E-state index in [1.54, 1.807) is 0 Å². The van der Waals surface area contributed by atoms with Gasteiger partial charge in [0.15, 0.2) is 6.10 Å². The molecule has 0 amide bonds. The topological polar surface area (TPSA) is 78.9 Å². The molecule has 0 aliphatic rings. The van der Waals surface area contributed by atoms with E-state index in [1.807, 2.05) is 0 Å². The summed E-state index contributed by atoms with van der Waals surface area (Å²) in [5.41, 5.74) is 0. The van der Waals surface area contributed by atoms with Gasteiger partial charge in [0, 0.05) is 19.3 Å². The lowest BCUT2D eigenvalue weighted by Crippen LogP contribution is -2.30. The zero-order chi connectivity index (χ0) is 50.0. The summed E-state index contributed by atoms with van der Waals surface area (Å²) in [4.78, 5) is 38.2. The first-order valence-electron chi connectivity index (χ1n) is 29.5. The maximum atomic E-state index is 12.9. The van der Waals surface area contributed by atoms with Gasteiger partial charge in [0.05, 0.1) is 0 Å². The Balaban J connectivity index is 4.43. The van der Waals surface area contributed by atoms with Crippen LogP contribution >= 0.6 is 0 Å². The lowest BCUT2D eigenvalue weighted by Gasteiger charge is -2.18. The van der Waals surface area contributed by atoms with Gasteiger partial charge in [-0.25, -0.2) is 0 Å². The van der Waals surface area contributed by atoms with Crippen LogP contribution in [0.15, 0.2) is 72.9 Å². The highest BCUT2D eigenvalue weighted by atomic mass is 16.6. The van der Waals surface area contributed by atoms with Crippen LogP contribution in [0, 0.1) is 0 Å². The lowest BCUT2D eigenvalue weighted by atomic mass is 10.0. The summed E-state index contributed by atoms with van der Waals surface area (Å²) >= 11 is 0. The number of esters is 3. The van der Waals surface area contributed by atoms with Gasteiger partial charge in [-0.3, -0.25) is 14.4 Å². The maximum absolute atomic E-state index is 12.9. The molecule has 0 saturated heterocycles. The predicted molar refractivity (Wildman–Crippen MR) is 298 cm³/mol. The third kappa shape index (κ3) is 55.6. The highest BCUT2D eigenvalue weighted by molar-refractivity contribution is 5.71. The summed E-state index contributed by atoms with van der Waals surface area (Å²) < 4.78 is 16.9. The molecule has 69 heavy (non-hydrogen) atoms. The summed E-state index contributed by atoms with van der Waals surface area (Å²) in [5.74, 6) is -0.918. The number of allylic oxidation sites excluding steroid dienone is 12. The van der Waals surface area contributed by atoms with Gasteiger partial charge in [0.1, 0.15) is 13.2 Å². The van der Waals surface area contributed by atoms with Crippen molar-refractivity contribution in [2.45, 2.75) is 297 Å². The van der Waals surface area contributed by atoms with E-state index < -0.39 is 6.10 Å². The van der Waals surface area contributed by atoms with Crippen molar-refractivity contribution in [2.24, 2.45) is 0 Å². The molecule has 0 aliphatic carbocycles. The first-order chi connectivity index (χ1) is 34.0. The molecule has 0 bridgehead atoms. The largest absolute Gasteiger partial charge is 0.462 e. The van der Waals surface area contributed by atoms with Crippen molar-refractivity contribution in [3.8, 4) is 0 Å². The molecule has 0 heterocycles. The van der Waals surface area contributed by atoms with E-state index in [0.717, 1.165) is 103 Å². The van der Waals surface area contributed by atoms with Gasteiger partial charge in [-0.2, -0.15) is 0 Å². The molecule has 0 N–H and O–H groups in total. The highest BCUT2D eigenvalue weighted by Crippen LogP contribution is 2.16. The van der Waals surface area contributed by atoms with Gasteiger partial charge in [-0.15, -0.1) is 0 Å². The molecular weight excluding hydrogens is 853 g/mol. The molecule has 0 saturated carbocycles. The summed E-state index contributed by atoms with van der Waals surface area (Å²) in [6.07, 6.45) is 73.2. The summed E-state index contributed by atoms with van der Waals surface area (Å²) in [6, 6.07) is 0. The monoisotopic (exact) mass is 963 g/mol. The Morgan fingerprint density at radius 1 is 0.319 bits per heavy atom. The second-order valence-electron chi connectivity index (χ2n) is 19.6. The van der Waals surface area contributed by atoms with Crippen molar-refractivity contribution in [3.63, 3.8) is 0 Å². The smallest absolute Gasteiger partial charge is 0.306 e. The van der Waals surface area contributed by atoms with Crippen LogP contribution in [0.5, 0.6) is 0 Å². The molecular formula is C63H110O6. The fraction of sp³-hybridized carbons (Fsp3) is 0.762. The Bertz CT molecular complexity index is 1290. The maximum Gasteiger partial charge on any atom is 0.306 e. The van der Waals surface area contributed by atoms with Crippen LogP contribution in [0.2, 0.25) is 0 Å². The minimum atomic E-state index is -0.794. The quantitative estimate of drug-likeness (QED) is 0.0199. The van der Waals surface area contributed by atoms with Gasteiger partial charge in [-0.05, 0) is 83.5 Å². The van der Waals surface area contributed by atoms with Gasteiger partial charge >= 0.3 is 17.9 Å². The zero-order valence-electron chi connectivity index (χ0n) is 45.6. The SMILES string of the molecule is CC/C=C\C/C=C\C/C=C\C/C=C\CCCCCCCCC(=O)OCC(COC(=O)CCCCCCCCCCCCCCCCCC)OC(=O)CCCCC/C=C\C=C/CCCCCCCCC. The van der Waals surface area contributed by atoms with Gasteiger partial charge in [0.2, 0.25) is 0 Å². The van der Waals surface area contributed by atoms with Crippen LogP contribution in [-0.4, -0.2) is 37.2 Å². The van der Waals surface area contributed by atoms with Crippen LogP contribution < -0.4 is 0 Å². The zero-order valence-corrected chi connectivity index (χ0v) is 45.6. The molecule has 0 spiro atoms. The minimum Gasteiger partial charge on any atom is -0.462 e. The average Bonchev–Trinajstić information content (AvgIpc) is 3.35. The molecule has 0 fully saturated rings. The molecule has 0 radical (unpaired) electrons. The Hall–Kier alpha value is -3.15. The Morgan fingerprint density at radius 2 is 0.609 bits per heavy atom. The standard InChI is InChI=1S/C63H110O6/c1-4-7-10-13-16-19-22-25-28-31-32-33-36-38-41-44-47-50-53-56-62(65)68-59-60(69-63(66)57-54-51-48-45-42-39-35-30-27-24-21-18-15-12-9-6-3)58-67-61(64)55-52-49-46-43-40-37-34-29-26-23-20-17-14-11-8-5-2/h7,10,16,19,25,28,30,32-33,35,39,42,60H,4-6,8-9,11-15,17-18,20-24,26-27,29,31,34,36-38,40-41,43-59H2,1-3H3/b10-7-,19-16-,28-25-,33-32-,35-30-,42-39-. The molecule has 6 heteroatoms. The second-order valence-corrected chi connectivity index (χ2v) is 19.6. The van der Waals surface area contributed by atoms with Crippen LogP contribution in [-0.2, 0) is 28.6 Å². The van der Waals surface area contributed by atoms with Crippen molar-refractivity contribution >= 4 is 17.9 Å². The van der Waals surface area contributed by atoms with E-state index in [0.29, 0.717) is 19.3 Å². The summed E-state index contributed by atoms with van der Waals surface area (Å²) in [7, 11) is 0. The fourth-order valence-electron chi connectivity index (χ4n) is 8.31. The number of ether oxygens (including phenoxy) is 3. The van der Waals surface area contributed by atoms with Crippen LogP contribution in [0.1, 0.15) is 290 Å². The Labute approximate surface area is 427 Å². The molecule has 1 unspecified atom stereocenters. The molecule has 398 valence electrons. The van der Waals surface area contributed by atoms with E-state index in [-0.39, 0.29) is 31.1 Å². The number of unbranched alkanes of at least 4 members (excludes halogenated alkanes) is 31. The predicted octanol–water partition coefficient (Wildman–Crippen LogP) is 19.8. The van der Waals surface area contributed by atoms with Crippen LogP contribution in [0.3, 0.4) is 0 Å². The highest BCUT2D eigenvalue weighted by Gasteiger charge is 2.19. The van der Waals surface area contributed by atoms with E-state index in [4.69, 9.17) is 14.2 Å². The van der Waals surface area contributed by atoms with Crippen LogP contribution in [0.4, 0.5) is 0 Å². The lowest BCUT2D eigenvalue weighted by molar-refractivity contribution is -0.167. The molecule has 0 aromatic heterocycles. The third-order valence-corrected chi connectivity index (χ3v) is 12.7. The van der Waals surface area contributed by atoms with E-state index >= 15 is 0 Å². The number of rotatable bonds is 53. The van der Waals surface area contributed by atoms with E-state index in [2.05, 4.69) is 93.7 Å². The normalized spacial score (nSPS) is 12.6. The minimum absolute atomic E-state index is 0.0884. The van der Waals surface area contributed by atoms with Gasteiger partial charge in [-0.1, -0.05) is 261 Å². The fourth-order valence-corrected chi connectivity index (χ4v) is 8.31. The first kappa shape index (κ1) is 65.8. The number of carbonyl (C=O) groups excluding carboxylic acids is 3. The number of hydrogen-bond donors (Lipinski definition) is 0. The molecule has 6 nitrogen and oxygen atoms in total. The van der Waals surface area contributed by atoms with Crippen molar-refractivity contribution in [2.75, 3.05) is 13.2 Å². The second kappa shape index (κ2) is 57.4. The Kier molecular flexibility index (Phi) is 54.8. The van der Waals surface area contributed by atoms with Gasteiger partial charge in [0.25, 0.3) is 0 Å². The third-order valence-electron chi connectivity index (χ3n) is 12.7. The number of carbonyl (C=O) groups is 3. The molecule has 0 aromatic rings. The molecule has 0 rings (SSSR count). The Morgan fingerprint density at radius 3 is 0.986 bits per heavy atom. The van der Waals surface area contributed by atoms with E-state index in [9.17, 15) is 14.4 Å². The average molecular weight is 964 g/mol. The molecule has 0 aromatic carbocycles. The van der Waals surface area contributed by atoms with Crippen molar-refractivity contribution in [1.82, 2.24) is 0 Å². The number of hydrogen-bond acceptors (Lipinski definition) is 6. The van der Waals surface area contributed by atoms with Crippen molar-refractivity contribution in [1.29, 1.82) is 0 Å². The van der Waals surface area contributed by atoms with E-state index in [1.165, 1.54) is 148 Å². The summed E-state index contributed by atoms with van der Waals surface area (Å²) in [6.45, 7) is 6.52. The molecule has 0 aliphatic heterocycles. The van der Waals surface area contributed by atoms with Crippen LogP contribution in [0.25, 0.3) is 0 Å². The first-order valence-corrected chi connectivity index (χ1v) is 29.5.